The Balaban J connectivity index is 0. The number of carboxylic acids is 1. The number of hydrogen-bond donors (Lipinski definition) is 1. The highest BCUT2D eigenvalue weighted by Crippen LogP contribution is 1.99. The van der Waals surface area contributed by atoms with Crippen LogP contribution in [0.15, 0.2) is 38.2 Å². The zero-order valence-electron chi connectivity index (χ0n) is 7.28. The number of ether oxygens (including phenoxy) is 1. The van der Waals surface area contributed by atoms with E-state index in [2.05, 4.69) is 31.1 Å². The van der Waals surface area contributed by atoms with Crippen LogP contribution in [0.4, 0.5) is 0 Å². The van der Waals surface area contributed by atoms with Gasteiger partial charge in [0.1, 0.15) is 0 Å². The van der Waals surface area contributed by atoms with Gasteiger partial charge in [-0.15, -0.1) is 13.2 Å². The highest BCUT2D eigenvalue weighted by molar-refractivity contribution is 5.91. The molecule has 0 radical (unpaired) electrons. The van der Waals surface area contributed by atoms with Gasteiger partial charge in [-0.05, 0) is 0 Å². The van der Waals surface area contributed by atoms with Crippen LogP contribution in [0.3, 0.4) is 0 Å². The molecular formula is C9H12O4. The fraction of sp³-hybridized carbons (Fsp3) is 0.111. The molecule has 0 bridgehead atoms. The summed E-state index contributed by atoms with van der Waals surface area (Å²) < 4.78 is 4.26. The zero-order chi connectivity index (χ0) is 10.9. The van der Waals surface area contributed by atoms with Crippen molar-refractivity contribution in [2.75, 3.05) is 0 Å². The maximum absolute atomic E-state index is 10.5. The van der Waals surface area contributed by atoms with E-state index < -0.39 is 11.9 Å². The highest BCUT2D eigenvalue weighted by atomic mass is 16.5. The van der Waals surface area contributed by atoms with Crippen molar-refractivity contribution in [3.8, 4) is 0 Å². The predicted octanol–water partition coefficient (Wildman–Crippen LogP) is 1.51. The molecule has 0 aliphatic rings. The van der Waals surface area contributed by atoms with Gasteiger partial charge in [0, 0.05) is 5.57 Å². The van der Waals surface area contributed by atoms with Gasteiger partial charge in [-0.3, -0.25) is 4.79 Å². The third-order valence-electron chi connectivity index (χ3n) is 0.875. The van der Waals surface area contributed by atoms with E-state index in [0.717, 1.165) is 6.26 Å². The van der Waals surface area contributed by atoms with Crippen molar-refractivity contribution >= 4 is 11.9 Å². The van der Waals surface area contributed by atoms with E-state index in [1.165, 1.54) is 0 Å². The topological polar surface area (TPSA) is 63.6 Å². The average molecular weight is 184 g/mol. The third-order valence-corrected chi connectivity index (χ3v) is 0.875. The van der Waals surface area contributed by atoms with Crippen LogP contribution in [0.2, 0.25) is 0 Å². The first kappa shape index (κ1) is 13.7. The second-order valence-corrected chi connectivity index (χ2v) is 1.74. The molecule has 4 heteroatoms. The van der Waals surface area contributed by atoms with Crippen molar-refractivity contribution < 1.29 is 19.4 Å². The second-order valence-electron chi connectivity index (χ2n) is 1.74. The molecule has 0 heterocycles. The van der Waals surface area contributed by atoms with Crippen LogP contribution in [-0.2, 0) is 14.3 Å². The summed E-state index contributed by atoms with van der Waals surface area (Å²) in [6.45, 7) is 12.3. The Kier molecular flexibility index (Phi) is 8.72. The number of rotatable bonds is 4. The first-order valence-electron chi connectivity index (χ1n) is 3.29. The van der Waals surface area contributed by atoms with Crippen LogP contribution in [0.25, 0.3) is 0 Å². The summed E-state index contributed by atoms with van der Waals surface area (Å²) in [5.41, 5.74) is -0.197. The van der Waals surface area contributed by atoms with E-state index in [-0.39, 0.29) is 12.0 Å². The molecule has 0 amide bonds. The van der Waals surface area contributed by atoms with Crippen LogP contribution in [0.1, 0.15) is 6.42 Å². The van der Waals surface area contributed by atoms with Crippen molar-refractivity contribution in [2.45, 2.75) is 6.42 Å². The summed E-state index contributed by atoms with van der Waals surface area (Å²) in [4.78, 5) is 20.6. The number of aliphatic carboxylic acids is 1. The standard InChI is InChI=1S/C7H8O4.C2H4/c1-3-11-6(8)4-5(2)7(9)10;1-2/h3H,1-2,4H2,(H,9,10);1-2H2. The minimum Gasteiger partial charge on any atom is -0.478 e. The van der Waals surface area contributed by atoms with Crippen LogP contribution in [0.5, 0.6) is 0 Å². The molecule has 0 aromatic heterocycles. The lowest BCUT2D eigenvalue weighted by atomic mass is 10.2. The molecule has 0 unspecified atom stereocenters. The molecule has 0 atom stereocenters. The number of carbonyl (C=O) groups excluding carboxylic acids is 1. The molecule has 0 aromatic carbocycles. The average Bonchev–Trinajstić information content (AvgIpc) is 2.08. The normalized spacial score (nSPS) is 7.38. The Morgan fingerprint density at radius 1 is 1.38 bits per heavy atom. The van der Waals surface area contributed by atoms with Gasteiger partial charge in [-0.25, -0.2) is 4.79 Å². The molecule has 0 saturated heterocycles. The molecule has 0 aliphatic heterocycles. The molecule has 0 aromatic rings. The maximum Gasteiger partial charge on any atom is 0.331 e. The van der Waals surface area contributed by atoms with Crippen molar-refractivity contribution in [3.05, 3.63) is 38.2 Å². The summed E-state index contributed by atoms with van der Waals surface area (Å²) in [7, 11) is 0. The predicted molar refractivity (Wildman–Crippen MR) is 48.9 cm³/mol. The lowest BCUT2D eigenvalue weighted by Crippen LogP contribution is -2.06. The lowest BCUT2D eigenvalue weighted by molar-refractivity contribution is -0.140. The quantitative estimate of drug-likeness (QED) is 0.311. The fourth-order valence-electron chi connectivity index (χ4n) is 0.384. The lowest BCUT2D eigenvalue weighted by Gasteiger charge is -1.97. The SMILES string of the molecule is C=C.C=COC(=O)CC(=C)C(=O)O. The van der Waals surface area contributed by atoms with Crippen molar-refractivity contribution in [3.63, 3.8) is 0 Å². The molecular weight excluding hydrogens is 172 g/mol. The van der Waals surface area contributed by atoms with E-state index in [4.69, 9.17) is 5.11 Å². The number of carboxylic acid groups (broad SMARTS) is 1. The molecule has 0 saturated carbocycles. The molecule has 0 fully saturated rings. The summed E-state index contributed by atoms with van der Waals surface area (Å²) >= 11 is 0. The minimum atomic E-state index is -1.20. The Bertz CT molecular complexity index is 218. The Hall–Kier alpha value is -1.84. The molecule has 1 N–H and O–H groups in total. The van der Waals surface area contributed by atoms with Gasteiger partial charge >= 0.3 is 11.9 Å². The second kappa shape index (κ2) is 8.26. The van der Waals surface area contributed by atoms with Crippen LogP contribution in [0, 0.1) is 0 Å². The van der Waals surface area contributed by atoms with Gasteiger partial charge in [-0.2, -0.15) is 0 Å². The maximum atomic E-state index is 10.5. The minimum absolute atomic E-state index is 0.197. The summed E-state index contributed by atoms with van der Waals surface area (Å²) in [6, 6.07) is 0. The van der Waals surface area contributed by atoms with E-state index in [9.17, 15) is 9.59 Å². The summed E-state index contributed by atoms with van der Waals surface area (Å²) in [5, 5.41) is 8.27. The third kappa shape index (κ3) is 8.06. The first-order valence-corrected chi connectivity index (χ1v) is 3.29. The van der Waals surface area contributed by atoms with E-state index >= 15 is 0 Å². The van der Waals surface area contributed by atoms with Gasteiger partial charge in [0.2, 0.25) is 0 Å². The monoisotopic (exact) mass is 184 g/mol. The molecule has 13 heavy (non-hydrogen) atoms. The Morgan fingerprint density at radius 3 is 2.15 bits per heavy atom. The molecule has 4 nitrogen and oxygen atoms in total. The smallest absolute Gasteiger partial charge is 0.331 e. The van der Waals surface area contributed by atoms with Gasteiger partial charge in [0.15, 0.2) is 0 Å². The first-order chi connectivity index (χ1) is 6.07. The Labute approximate surface area is 76.8 Å². The largest absolute Gasteiger partial charge is 0.478 e. The van der Waals surface area contributed by atoms with Crippen LogP contribution < -0.4 is 0 Å². The van der Waals surface area contributed by atoms with Gasteiger partial charge in [-0.1, -0.05) is 13.2 Å². The van der Waals surface area contributed by atoms with E-state index in [1.807, 2.05) is 0 Å². The zero-order valence-corrected chi connectivity index (χ0v) is 7.28. The molecule has 0 rings (SSSR count). The number of carbonyl (C=O) groups is 2. The molecule has 0 spiro atoms. The van der Waals surface area contributed by atoms with Gasteiger partial charge in [0.25, 0.3) is 0 Å². The van der Waals surface area contributed by atoms with Crippen LogP contribution >= 0.6 is 0 Å². The molecule has 0 aliphatic carbocycles. The number of hydrogen-bond acceptors (Lipinski definition) is 3. The van der Waals surface area contributed by atoms with Crippen molar-refractivity contribution in [2.24, 2.45) is 0 Å². The summed E-state index contributed by atoms with van der Waals surface area (Å²) in [6.07, 6.45) is 0.624. The summed E-state index contributed by atoms with van der Waals surface area (Å²) in [5.74, 6) is -1.88. The van der Waals surface area contributed by atoms with E-state index in [0.29, 0.717) is 0 Å². The van der Waals surface area contributed by atoms with Crippen molar-refractivity contribution in [1.82, 2.24) is 0 Å². The van der Waals surface area contributed by atoms with Crippen LogP contribution in [-0.4, -0.2) is 17.0 Å². The Morgan fingerprint density at radius 2 is 1.85 bits per heavy atom. The fourth-order valence-corrected chi connectivity index (χ4v) is 0.384. The van der Waals surface area contributed by atoms with Crippen molar-refractivity contribution in [1.29, 1.82) is 0 Å². The van der Waals surface area contributed by atoms with Gasteiger partial charge < -0.3 is 9.84 Å². The highest BCUT2D eigenvalue weighted by Gasteiger charge is 2.09. The van der Waals surface area contributed by atoms with E-state index in [1.54, 1.807) is 0 Å². The number of esters is 1. The van der Waals surface area contributed by atoms with Gasteiger partial charge in [0.05, 0.1) is 12.7 Å². The molecule has 72 valence electrons.